The Morgan fingerprint density at radius 2 is 1.92 bits per heavy atom. The number of nitrogens with zero attached hydrogens (tertiary/aromatic N) is 4. The van der Waals surface area contributed by atoms with Gasteiger partial charge >= 0.3 is 0 Å². The fourth-order valence-corrected chi connectivity index (χ4v) is 5.04. The molecule has 1 aliphatic carbocycles. The quantitative estimate of drug-likeness (QED) is 0.291. The van der Waals surface area contributed by atoms with Gasteiger partial charge in [0.1, 0.15) is 5.82 Å². The van der Waals surface area contributed by atoms with E-state index in [9.17, 15) is 9.59 Å². The molecule has 1 atom stereocenters. The molecule has 0 bridgehead atoms. The van der Waals surface area contributed by atoms with Crippen LogP contribution in [0.5, 0.6) is 0 Å². The highest BCUT2D eigenvalue weighted by Crippen LogP contribution is 2.44. The lowest BCUT2D eigenvalue weighted by atomic mass is 9.99. The number of H-pyrrole nitrogens is 1. The largest absolute Gasteiger partial charge is 0.347 e. The first-order chi connectivity index (χ1) is 18.8. The standard InChI is InChI=1S/C30H29N7O2/c1-18-14-20(27(38)36-30(10-11-30)29-31-12-13-32-29)8-9-22(18)28(39)34-19(2)24-15-26(21-16-33-37(3)17-21)35-25-7-5-4-6-23(24)25/h4-9,12-17,19H,10-11H2,1-3H3,(H,31,32)(H,34,39)(H,36,38). The second-order valence-electron chi connectivity index (χ2n) is 10.2. The normalized spacial score (nSPS) is 14.6. The Bertz CT molecular complexity index is 1700. The number of fused-ring (bicyclic) bond motifs is 1. The molecular formula is C30H29N7O2. The summed E-state index contributed by atoms with van der Waals surface area (Å²) in [7, 11) is 1.87. The molecule has 0 radical (unpaired) electrons. The number of pyridine rings is 1. The molecule has 1 aliphatic rings. The molecule has 3 heterocycles. The van der Waals surface area contributed by atoms with Crippen molar-refractivity contribution >= 4 is 22.7 Å². The van der Waals surface area contributed by atoms with Gasteiger partial charge in [0, 0.05) is 47.7 Å². The average molecular weight is 520 g/mol. The van der Waals surface area contributed by atoms with Crippen LogP contribution in [0.1, 0.15) is 63.5 Å². The smallest absolute Gasteiger partial charge is 0.252 e. The number of carbonyl (C=O) groups excluding carboxylic acids is 2. The highest BCUT2D eigenvalue weighted by atomic mass is 16.2. The van der Waals surface area contributed by atoms with E-state index in [1.807, 2.05) is 57.4 Å². The van der Waals surface area contributed by atoms with Gasteiger partial charge in [-0.05, 0) is 68.1 Å². The fraction of sp³-hybridized carbons (Fsp3) is 0.233. The maximum atomic E-state index is 13.4. The average Bonchev–Trinajstić information content (AvgIpc) is 3.28. The molecule has 3 N–H and O–H groups in total. The van der Waals surface area contributed by atoms with E-state index in [2.05, 4.69) is 25.7 Å². The summed E-state index contributed by atoms with van der Waals surface area (Å²) in [6, 6.07) is 14.8. The maximum absolute atomic E-state index is 13.4. The number of rotatable bonds is 7. The summed E-state index contributed by atoms with van der Waals surface area (Å²) in [5, 5.41) is 11.5. The molecule has 0 saturated heterocycles. The Balaban J connectivity index is 1.22. The number of hydrogen-bond donors (Lipinski definition) is 3. The molecule has 9 nitrogen and oxygen atoms in total. The summed E-state index contributed by atoms with van der Waals surface area (Å²) in [5.41, 5.74) is 4.86. The summed E-state index contributed by atoms with van der Waals surface area (Å²) in [5.74, 6) is 0.386. The first kappa shape index (κ1) is 24.5. The highest BCUT2D eigenvalue weighted by Gasteiger charge is 2.48. The van der Waals surface area contributed by atoms with Crippen molar-refractivity contribution in [3.05, 3.63) is 101 Å². The number of imidazole rings is 1. The van der Waals surface area contributed by atoms with Crippen molar-refractivity contribution in [3.8, 4) is 11.3 Å². The van der Waals surface area contributed by atoms with Crippen molar-refractivity contribution in [2.24, 2.45) is 7.05 Å². The van der Waals surface area contributed by atoms with Gasteiger partial charge in [0.25, 0.3) is 11.8 Å². The molecule has 6 rings (SSSR count). The van der Waals surface area contributed by atoms with Gasteiger partial charge < -0.3 is 15.6 Å². The van der Waals surface area contributed by atoms with Crippen molar-refractivity contribution in [1.29, 1.82) is 0 Å². The molecule has 0 spiro atoms. The Morgan fingerprint density at radius 3 is 2.62 bits per heavy atom. The summed E-state index contributed by atoms with van der Waals surface area (Å²) in [6.45, 7) is 3.81. The minimum Gasteiger partial charge on any atom is -0.347 e. The molecular weight excluding hydrogens is 490 g/mol. The molecule has 9 heteroatoms. The van der Waals surface area contributed by atoms with Gasteiger partial charge in [0.05, 0.1) is 29.0 Å². The Kier molecular flexibility index (Phi) is 5.98. The van der Waals surface area contributed by atoms with Crippen molar-refractivity contribution in [2.45, 2.75) is 38.3 Å². The van der Waals surface area contributed by atoms with Crippen LogP contribution in [0.2, 0.25) is 0 Å². The van der Waals surface area contributed by atoms with Crippen molar-refractivity contribution < 1.29 is 9.59 Å². The van der Waals surface area contributed by atoms with Gasteiger partial charge in [0.2, 0.25) is 0 Å². The number of aromatic amines is 1. The van der Waals surface area contributed by atoms with E-state index in [-0.39, 0.29) is 17.9 Å². The van der Waals surface area contributed by atoms with Crippen LogP contribution in [0.15, 0.2) is 73.3 Å². The Hall–Kier alpha value is -4.79. The van der Waals surface area contributed by atoms with Crippen molar-refractivity contribution in [1.82, 2.24) is 35.4 Å². The lowest BCUT2D eigenvalue weighted by Crippen LogP contribution is -2.35. The predicted octanol–water partition coefficient (Wildman–Crippen LogP) is 4.58. The van der Waals surface area contributed by atoms with E-state index in [0.717, 1.165) is 52.0 Å². The molecule has 2 amide bonds. The van der Waals surface area contributed by atoms with Crippen LogP contribution >= 0.6 is 0 Å². The first-order valence-corrected chi connectivity index (χ1v) is 13.0. The number of aromatic nitrogens is 5. The van der Waals surface area contributed by atoms with Gasteiger partial charge in [-0.2, -0.15) is 5.10 Å². The van der Waals surface area contributed by atoms with Crippen LogP contribution < -0.4 is 10.6 Å². The SMILES string of the molecule is Cc1cc(C(=O)NC2(c3ncc[nH]3)CC2)ccc1C(=O)NC(C)c1cc(-c2cnn(C)c2)nc2ccccc12. The van der Waals surface area contributed by atoms with E-state index in [1.165, 1.54) is 0 Å². The van der Waals surface area contributed by atoms with Crippen LogP contribution in [-0.4, -0.2) is 36.5 Å². The van der Waals surface area contributed by atoms with E-state index < -0.39 is 5.54 Å². The summed E-state index contributed by atoms with van der Waals surface area (Å²) < 4.78 is 1.74. The van der Waals surface area contributed by atoms with Crippen LogP contribution in [0.25, 0.3) is 22.2 Å². The van der Waals surface area contributed by atoms with E-state index in [4.69, 9.17) is 4.98 Å². The molecule has 3 aromatic heterocycles. The zero-order valence-corrected chi connectivity index (χ0v) is 22.0. The van der Waals surface area contributed by atoms with Crippen LogP contribution in [0.4, 0.5) is 0 Å². The molecule has 2 aromatic carbocycles. The van der Waals surface area contributed by atoms with Gasteiger partial charge in [-0.3, -0.25) is 14.3 Å². The number of nitrogens with one attached hydrogen (secondary N) is 3. The third-order valence-corrected chi connectivity index (χ3v) is 7.35. The van der Waals surface area contributed by atoms with Gasteiger partial charge in [0.15, 0.2) is 0 Å². The lowest BCUT2D eigenvalue weighted by molar-refractivity contribution is 0.0920. The Labute approximate surface area is 225 Å². The predicted molar refractivity (Wildman–Crippen MR) is 148 cm³/mol. The number of benzene rings is 2. The highest BCUT2D eigenvalue weighted by molar-refractivity contribution is 5.99. The zero-order chi connectivity index (χ0) is 27.1. The third kappa shape index (κ3) is 4.67. The first-order valence-electron chi connectivity index (χ1n) is 13.0. The molecule has 196 valence electrons. The monoisotopic (exact) mass is 519 g/mol. The molecule has 0 aliphatic heterocycles. The van der Waals surface area contributed by atoms with Gasteiger partial charge in [-0.1, -0.05) is 18.2 Å². The number of para-hydroxylation sites is 1. The maximum Gasteiger partial charge on any atom is 0.252 e. The third-order valence-electron chi connectivity index (χ3n) is 7.35. The number of hydrogen-bond acceptors (Lipinski definition) is 5. The number of carbonyl (C=O) groups is 2. The number of amides is 2. The summed E-state index contributed by atoms with van der Waals surface area (Å²) >= 11 is 0. The zero-order valence-electron chi connectivity index (χ0n) is 22.0. The molecule has 5 aromatic rings. The minimum atomic E-state index is -0.429. The number of aryl methyl sites for hydroxylation is 2. The second kappa shape index (κ2) is 9.50. The van der Waals surface area contributed by atoms with Crippen LogP contribution in [-0.2, 0) is 12.6 Å². The van der Waals surface area contributed by atoms with Crippen molar-refractivity contribution in [2.75, 3.05) is 0 Å². The van der Waals surface area contributed by atoms with Gasteiger partial charge in [-0.25, -0.2) is 9.97 Å². The van der Waals surface area contributed by atoms with Crippen molar-refractivity contribution in [3.63, 3.8) is 0 Å². The fourth-order valence-electron chi connectivity index (χ4n) is 5.04. The van der Waals surface area contributed by atoms with Crippen LogP contribution in [0.3, 0.4) is 0 Å². The molecule has 39 heavy (non-hydrogen) atoms. The topological polar surface area (TPSA) is 118 Å². The van der Waals surface area contributed by atoms with E-state index in [1.54, 1.807) is 41.5 Å². The summed E-state index contributed by atoms with van der Waals surface area (Å²) in [4.78, 5) is 38.6. The molecule has 1 saturated carbocycles. The molecule has 1 unspecified atom stereocenters. The Morgan fingerprint density at radius 1 is 1.10 bits per heavy atom. The van der Waals surface area contributed by atoms with Gasteiger partial charge in [-0.15, -0.1) is 0 Å². The van der Waals surface area contributed by atoms with Crippen LogP contribution in [0, 0.1) is 6.92 Å². The second-order valence-corrected chi connectivity index (χ2v) is 10.2. The summed E-state index contributed by atoms with van der Waals surface area (Å²) in [6.07, 6.45) is 8.84. The molecule has 1 fully saturated rings. The lowest BCUT2D eigenvalue weighted by Gasteiger charge is -2.19. The van der Waals surface area contributed by atoms with E-state index >= 15 is 0 Å². The van der Waals surface area contributed by atoms with E-state index in [0.29, 0.717) is 11.1 Å². The minimum absolute atomic E-state index is 0.182.